The molecule has 0 aliphatic carbocycles. The highest BCUT2D eigenvalue weighted by atomic mass is 31.2. The van der Waals surface area contributed by atoms with Gasteiger partial charge in [0.15, 0.2) is 0 Å². The molecule has 0 heterocycles. The van der Waals surface area contributed by atoms with Gasteiger partial charge in [-0.1, -0.05) is 254 Å². The molecule has 0 N–H and O–H groups in total. The Balaban J connectivity index is 0.813. The lowest BCUT2D eigenvalue weighted by Crippen LogP contribution is -2.35. The van der Waals surface area contributed by atoms with Crippen molar-refractivity contribution < 1.29 is 0 Å². The molecule has 14 rings (SSSR count). The van der Waals surface area contributed by atoms with Crippen molar-refractivity contribution in [1.29, 1.82) is 0 Å². The van der Waals surface area contributed by atoms with Gasteiger partial charge in [0.1, 0.15) is 57.7 Å². The molecule has 0 radical (unpaired) electrons. The van der Waals surface area contributed by atoms with Crippen LogP contribution >= 0.6 is 14.5 Å². The second-order valence-corrected chi connectivity index (χ2v) is 30.7. The molecule has 14 aromatic carbocycles. The van der Waals surface area contributed by atoms with Gasteiger partial charge >= 0.3 is 0 Å². The SMILES string of the molecule is Cc1ccc(N(c2ccc(-c3ccc(N(c4ccc(C)cc4)c4ccc(C(c5ccccc5)[P+](c5ccccc5)(c5ccccc5)c5ccccc5)cc4)cc3)cc2)c2ccc(C(c3ccccc3)[P+](c3ccccc3)(c3ccccc3)c3ccccc3)cc2)cc1. The van der Waals surface area contributed by atoms with E-state index in [9.17, 15) is 0 Å². The molecule has 0 spiro atoms. The first-order valence-electron chi connectivity index (χ1n) is 31.8. The Morgan fingerprint density at radius 1 is 0.185 bits per heavy atom. The molecule has 4 heteroatoms. The average Bonchev–Trinajstić information content (AvgIpc) is 0.733. The molecule has 442 valence electrons. The van der Waals surface area contributed by atoms with E-state index in [1.165, 1.54) is 65.2 Å². The topological polar surface area (TPSA) is 6.48 Å². The Kier molecular flexibility index (Phi) is 17.3. The third-order valence-electron chi connectivity index (χ3n) is 18.1. The second-order valence-electron chi connectivity index (χ2n) is 23.7. The minimum Gasteiger partial charge on any atom is -0.311 e. The van der Waals surface area contributed by atoms with Crippen LogP contribution in [0.15, 0.2) is 388 Å². The second kappa shape index (κ2) is 26.9. The van der Waals surface area contributed by atoms with E-state index in [4.69, 9.17) is 0 Å². The van der Waals surface area contributed by atoms with Crippen molar-refractivity contribution in [2.24, 2.45) is 0 Å². The normalized spacial score (nSPS) is 12.2. The zero-order chi connectivity index (χ0) is 62.1. The van der Waals surface area contributed by atoms with Crippen molar-refractivity contribution in [3.8, 4) is 11.1 Å². The van der Waals surface area contributed by atoms with Gasteiger partial charge in [0.25, 0.3) is 0 Å². The lowest BCUT2D eigenvalue weighted by atomic mass is 10.0. The predicted octanol–water partition coefficient (Wildman–Crippen LogP) is 21.1. The molecule has 2 nitrogen and oxygen atoms in total. The first-order chi connectivity index (χ1) is 45.5. The maximum Gasteiger partial charge on any atom is 0.134 e. The predicted molar refractivity (Wildman–Crippen MR) is 398 cm³/mol. The summed E-state index contributed by atoms with van der Waals surface area (Å²) < 4.78 is 0. The minimum absolute atomic E-state index is 0.0262. The fraction of sp³-hybridized carbons (Fsp3) is 0.0455. The van der Waals surface area contributed by atoms with Gasteiger partial charge in [-0.15, -0.1) is 0 Å². The number of anilines is 6. The summed E-state index contributed by atoms with van der Waals surface area (Å²) in [5.74, 6) is 0. The molecule has 0 aliphatic rings. The van der Waals surface area contributed by atoms with Crippen LogP contribution in [0, 0.1) is 13.8 Å². The molecule has 2 atom stereocenters. The maximum absolute atomic E-state index is 2.41. The number of aryl methyl sites for hydroxylation is 2. The molecule has 0 aromatic heterocycles. The quantitative estimate of drug-likeness (QED) is 0.0745. The average molecular weight is 1220 g/mol. The summed E-state index contributed by atoms with van der Waals surface area (Å²) in [6.07, 6.45) is 0. The molecule has 0 saturated carbocycles. The van der Waals surface area contributed by atoms with E-state index < -0.39 is 14.5 Å². The minimum atomic E-state index is -2.41. The highest BCUT2D eigenvalue weighted by Crippen LogP contribution is 2.70. The first-order valence-corrected chi connectivity index (χ1v) is 35.5. The van der Waals surface area contributed by atoms with Gasteiger partial charge in [-0.2, -0.15) is 0 Å². The van der Waals surface area contributed by atoms with Crippen LogP contribution in [0.1, 0.15) is 44.7 Å². The van der Waals surface area contributed by atoms with Crippen molar-refractivity contribution in [3.63, 3.8) is 0 Å². The van der Waals surface area contributed by atoms with Crippen LogP contribution in [-0.4, -0.2) is 0 Å². The van der Waals surface area contributed by atoms with E-state index in [1.807, 2.05) is 0 Å². The van der Waals surface area contributed by atoms with Crippen molar-refractivity contribution >= 4 is 80.5 Å². The molecule has 92 heavy (non-hydrogen) atoms. The number of hydrogen-bond acceptors (Lipinski definition) is 2. The molecule has 2 unspecified atom stereocenters. The summed E-state index contributed by atoms with van der Waals surface area (Å²) in [7, 11) is -4.82. The summed E-state index contributed by atoms with van der Waals surface area (Å²) in [6, 6.07) is 145. The van der Waals surface area contributed by atoms with Gasteiger partial charge in [-0.3, -0.25) is 0 Å². The van der Waals surface area contributed by atoms with Gasteiger partial charge in [0.2, 0.25) is 0 Å². The monoisotopic (exact) mass is 1220 g/mol. The van der Waals surface area contributed by atoms with E-state index in [0.717, 1.165) is 45.3 Å². The lowest BCUT2D eigenvalue weighted by molar-refractivity contribution is 1.13. The van der Waals surface area contributed by atoms with Crippen LogP contribution in [0.2, 0.25) is 0 Å². The first kappa shape index (κ1) is 59.2. The van der Waals surface area contributed by atoms with Crippen LogP contribution in [0.3, 0.4) is 0 Å². The third-order valence-corrected chi connectivity index (χ3v) is 27.5. The van der Waals surface area contributed by atoms with Crippen molar-refractivity contribution in [2.45, 2.75) is 25.2 Å². The Labute approximate surface area is 544 Å². The van der Waals surface area contributed by atoms with Crippen LogP contribution < -0.4 is 41.6 Å². The Morgan fingerprint density at radius 2 is 0.359 bits per heavy atom. The van der Waals surface area contributed by atoms with Crippen LogP contribution in [-0.2, 0) is 0 Å². The zero-order valence-corrected chi connectivity index (χ0v) is 53.7. The zero-order valence-electron chi connectivity index (χ0n) is 51.9. The molecular weight excluding hydrogens is 1150 g/mol. The molecule has 14 aromatic rings. The summed E-state index contributed by atoms with van der Waals surface area (Å²) >= 11 is 0. The lowest BCUT2D eigenvalue weighted by Gasteiger charge is -2.35. The standard InChI is InChI=1S/C88H72N2P2/c1-67-43-55-75(56-44-67)89(79-63-51-73(52-64-79)87(71-27-11-3-12-28-71)91(81-31-15-5-16-32-81,82-33-17-6-18-34-82)83-35-19-7-20-36-83)77-59-47-69(48-60-77)70-49-61-78(62-50-70)90(76-57-45-68(2)46-58-76)80-65-53-74(54-66-80)88(72-29-13-4-14-30-72)92(84-37-21-8-22-38-84,85-39-23-9-24-40-85)86-41-25-10-26-42-86/h3-66,87-88H,1-2H3/q+2. The van der Waals surface area contributed by atoms with E-state index in [2.05, 4.69) is 412 Å². The van der Waals surface area contributed by atoms with E-state index in [1.54, 1.807) is 0 Å². The van der Waals surface area contributed by atoms with Crippen molar-refractivity contribution in [1.82, 2.24) is 0 Å². The van der Waals surface area contributed by atoms with Gasteiger partial charge in [0, 0.05) is 34.1 Å². The van der Waals surface area contributed by atoms with Crippen LogP contribution in [0.5, 0.6) is 0 Å². The van der Waals surface area contributed by atoms with Crippen LogP contribution in [0.25, 0.3) is 11.1 Å². The molecule has 0 aliphatic heterocycles. The number of nitrogens with zero attached hydrogens (tertiary/aromatic N) is 2. The van der Waals surface area contributed by atoms with Crippen molar-refractivity contribution in [2.75, 3.05) is 9.80 Å². The summed E-state index contributed by atoms with van der Waals surface area (Å²) in [5, 5.41) is 8.10. The molecule has 0 saturated heterocycles. The summed E-state index contributed by atoms with van der Waals surface area (Å²) in [6.45, 7) is 4.31. The summed E-state index contributed by atoms with van der Waals surface area (Å²) in [5.41, 5.74) is 16.5. The maximum atomic E-state index is 2.39. The molecular formula is C88H72N2P2+2. The Bertz CT molecular complexity index is 4120. The van der Waals surface area contributed by atoms with Crippen LogP contribution in [0.4, 0.5) is 34.1 Å². The van der Waals surface area contributed by atoms with E-state index in [-0.39, 0.29) is 11.3 Å². The van der Waals surface area contributed by atoms with Gasteiger partial charge in [-0.25, -0.2) is 0 Å². The Morgan fingerprint density at radius 3 is 0.576 bits per heavy atom. The Hall–Kier alpha value is -10.5. The number of hydrogen-bond donors (Lipinski definition) is 0. The van der Waals surface area contributed by atoms with Gasteiger partial charge in [-0.05, 0) is 193 Å². The fourth-order valence-corrected chi connectivity index (χ4v) is 23.7. The smallest absolute Gasteiger partial charge is 0.134 e. The third kappa shape index (κ3) is 11.6. The number of benzene rings is 14. The molecule has 0 amide bonds. The van der Waals surface area contributed by atoms with E-state index >= 15 is 0 Å². The molecule has 0 fully saturated rings. The fourth-order valence-electron chi connectivity index (χ4n) is 13.8. The van der Waals surface area contributed by atoms with Gasteiger partial charge in [0.05, 0.1) is 0 Å². The summed E-state index contributed by atoms with van der Waals surface area (Å²) in [4.78, 5) is 4.78. The van der Waals surface area contributed by atoms with E-state index in [0.29, 0.717) is 0 Å². The highest BCUT2D eigenvalue weighted by Gasteiger charge is 2.55. The largest absolute Gasteiger partial charge is 0.311 e. The number of rotatable bonds is 19. The van der Waals surface area contributed by atoms with Gasteiger partial charge < -0.3 is 9.80 Å². The van der Waals surface area contributed by atoms with Crippen molar-refractivity contribution in [3.05, 3.63) is 422 Å². The highest BCUT2D eigenvalue weighted by molar-refractivity contribution is 7.96. The molecule has 0 bridgehead atoms.